The van der Waals surface area contributed by atoms with Gasteiger partial charge in [0.05, 0.1) is 34.5 Å². The summed E-state index contributed by atoms with van der Waals surface area (Å²) < 4.78 is 2.92. The second kappa shape index (κ2) is 5.92. The van der Waals surface area contributed by atoms with Gasteiger partial charge in [-0.3, -0.25) is 23.9 Å². The summed E-state index contributed by atoms with van der Waals surface area (Å²) in [5.74, 6) is -0.225. The summed E-state index contributed by atoms with van der Waals surface area (Å²) in [7, 11) is 1.55. The fourth-order valence-electron chi connectivity index (χ4n) is 2.94. The van der Waals surface area contributed by atoms with Crippen molar-refractivity contribution in [1.82, 2.24) is 24.5 Å². The number of benzene rings is 1. The van der Waals surface area contributed by atoms with Crippen LogP contribution in [0, 0.1) is 0 Å². The van der Waals surface area contributed by atoms with Crippen molar-refractivity contribution in [2.75, 3.05) is 7.05 Å². The lowest BCUT2D eigenvalue weighted by molar-refractivity contribution is 0.0962. The van der Waals surface area contributed by atoms with Crippen LogP contribution in [0.1, 0.15) is 20.7 Å². The number of nitrogens with one attached hydrogen (secondary N) is 1. The number of hydrogen-bond donors (Lipinski definition) is 1. The molecule has 3 heterocycles. The summed E-state index contributed by atoms with van der Waals surface area (Å²) >= 11 is 0. The molecule has 0 aliphatic heterocycles. The maximum Gasteiger partial charge on any atom is 0.266 e. The number of nitrogens with zero attached hydrogens (tertiary/aromatic N) is 4. The van der Waals surface area contributed by atoms with Gasteiger partial charge in [0.15, 0.2) is 11.9 Å². The highest BCUT2D eigenvalue weighted by molar-refractivity contribution is 5.94. The normalized spacial score (nSPS) is 11.0. The third-order valence-electron chi connectivity index (χ3n) is 4.19. The van der Waals surface area contributed by atoms with E-state index in [4.69, 9.17) is 0 Å². The summed E-state index contributed by atoms with van der Waals surface area (Å²) in [6.07, 6.45) is 5.12. The SMILES string of the molecule is CNC(=O)c1ccc(-n2c(=O)c3ccncc3n3ncc(C=O)c23)cc1. The summed E-state index contributed by atoms with van der Waals surface area (Å²) in [5.41, 5.74) is 1.83. The third-order valence-corrected chi connectivity index (χ3v) is 4.19. The molecule has 26 heavy (non-hydrogen) atoms. The zero-order valence-corrected chi connectivity index (χ0v) is 13.7. The van der Waals surface area contributed by atoms with Crippen molar-refractivity contribution >= 4 is 28.7 Å². The molecule has 0 unspecified atom stereocenters. The number of amides is 1. The molecule has 0 saturated carbocycles. The molecule has 3 aromatic heterocycles. The standard InChI is InChI=1S/C18H13N5O3/c1-19-16(25)11-2-4-13(5-3-11)22-17-12(10-24)8-21-23(17)15-9-20-7-6-14(15)18(22)26/h2-10H,1H3,(H,19,25). The average molecular weight is 347 g/mol. The highest BCUT2D eigenvalue weighted by atomic mass is 16.1. The zero-order chi connectivity index (χ0) is 18.3. The third kappa shape index (κ3) is 2.20. The number of aldehydes is 1. The van der Waals surface area contributed by atoms with Gasteiger partial charge in [0.1, 0.15) is 0 Å². The lowest BCUT2D eigenvalue weighted by Crippen LogP contribution is -2.22. The van der Waals surface area contributed by atoms with Crippen molar-refractivity contribution < 1.29 is 9.59 Å². The minimum absolute atomic E-state index is 0.225. The van der Waals surface area contributed by atoms with Crippen LogP contribution in [0.25, 0.3) is 22.2 Å². The van der Waals surface area contributed by atoms with E-state index in [-0.39, 0.29) is 17.0 Å². The molecule has 0 saturated heterocycles. The van der Waals surface area contributed by atoms with Gasteiger partial charge in [-0.1, -0.05) is 0 Å². The average Bonchev–Trinajstić information content (AvgIpc) is 3.12. The molecule has 1 N–H and O–H groups in total. The first kappa shape index (κ1) is 15.7. The van der Waals surface area contributed by atoms with E-state index in [1.807, 2.05) is 0 Å². The highest BCUT2D eigenvalue weighted by Gasteiger charge is 2.17. The Morgan fingerprint density at radius 3 is 2.62 bits per heavy atom. The predicted molar refractivity (Wildman–Crippen MR) is 94.9 cm³/mol. The Morgan fingerprint density at radius 1 is 1.15 bits per heavy atom. The Labute approximate surface area is 146 Å². The first-order chi connectivity index (χ1) is 12.7. The molecular weight excluding hydrogens is 334 g/mol. The van der Waals surface area contributed by atoms with E-state index in [9.17, 15) is 14.4 Å². The Bertz CT molecular complexity index is 1220. The monoisotopic (exact) mass is 347 g/mol. The minimum Gasteiger partial charge on any atom is -0.355 e. The van der Waals surface area contributed by atoms with Gasteiger partial charge < -0.3 is 5.32 Å². The number of rotatable bonds is 3. The number of carbonyl (C=O) groups is 2. The Morgan fingerprint density at radius 2 is 1.92 bits per heavy atom. The first-order valence-electron chi connectivity index (χ1n) is 7.80. The van der Waals surface area contributed by atoms with Crippen molar-refractivity contribution in [1.29, 1.82) is 0 Å². The van der Waals surface area contributed by atoms with Gasteiger partial charge >= 0.3 is 0 Å². The van der Waals surface area contributed by atoms with Crippen LogP contribution < -0.4 is 10.9 Å². The summed E-state index contributed by atoms with van der Waals surface area (Å²) in [6.45, 7) is 0. The van der Waals surface area contributed by atoms with Crippen molar-refractivity contribution in [3.05, 3.63) is 70.4 Å². The number of carbonyl (C=O) groups excluding carboxylic acids is 2. The van der Waals surface area contributed by atoms with E-state index in [1.54, 1.807) is 37.4 Å². The minimum atomic E-state index is -0.300. The van der Waals surface area contributed by atoms with Crippen molar-refractivity contribution in [2.45, 2.75) is 0 Å². The van der Waals surface area contributed by atoms with E-state index < -0.39 is 0 Å². The highest BCUT2D eigenvalue weighted by Crippen LogP contribution is 2.19. The molecule has 0 fully saturated rings. The second-order valence-corrected chi connectivity index (χ2v) is 5.61. The van der Waals surface area contributed by atoms with Crippen molar-refractivity contribution in [3.63, 3.8) is 0 Å². The topological polar surface area (TPSA) is 98.4 Å². The van der Waals surface area contributed by atoms with Gasteiger partial charge in [0.25, 0.3) is 11.5 Å². The molecule has 0 aliphatic rings. The number of hydrogen-bond acceptors (Lipinski definition) is 5. The molecule has 4 rings (SSSR count). The quantitative estimate of drug-likeness (QED) is 0.562. The lowest BCUT2D eigenvalue weighted by Gasteiger charge is -2.12. The summed E-state index contributed by atoms with van der Waals surface area (Å²) in [4.78, 5) is 40.3. The van der Waals surface area contributed by atoms with Crippen LogP contribution in [0.15, 0.2) is 53.7 Å². The van der Waals surface area contributed by atoms with Crippen LogP contribution in [-0.4, -0.2) is 38.4 Å². The largest absolute Gasteiger partial charge is 0.355 e. The molecule has 1 aromatic carbocycles. The fourth-order valence-corrected chi connectivity index (χ4v) is 2.94. The smallest absolute Gasteiger partial charge is 0.266 e. The molecular formula is C18H13N5O3. The van der Waals surface area contributed by atoms with Crippen LogP contribution in [0.4, 0.5) is 0 Å². The zero-order valence-electron chi connectivity index (χ0n) is 13.7. The summed E-state index contributed by atoms with van der Waals surface area (Å²) in [5, 5.41) is 7.19. The summed E-state index contributed by atoms with van der Waals surface area (Å²) in [6, 6.07) is 8.14. The number of pyridine rings is 1. The van der Waals surface area contributed by atoms with Gasteiger partial charge in [0, 0.05) is 18.8 Å². The van der Waals surface area contributed by atoms with Crippen LogP contribution in [0.2, 0.25) is 0 Å². The van der Waals surface area contributed by atoms with Gasteiger partial charge in [-0.2, -0.15) is 5.10 Å². The van der Waals surface area contributed by atoms with E-state index in [2.05, 4.69) is 15.4 Å². The van der Waals surface area contributed by atoms with Crippen molar-refractivity contribution in [2.24, 2.45) is 0 Å². The van der Waals surface area contributed by atoms with Crippen molar-refractivity contribution in [3.8, 4) is 5.69 Å². The molecule has 8 heteroatoms. The second-order valence-electron chi connectivity index (χ2n) is 5.61. The van der Waals surface area contributed by atoms with Crippen LogP contribution in [-0.2, 0) is 0 Å². The van der Waals surface area contributed by atoms with E-state index in [1.165, 1.54) is 27.7 Å². The van der Waals surface area contributed by atoms with Crippen LogP contribution >= 0.6 is 0 Å². The molecule has 4 aromatic rings. The molecule has 0 spiro atoms. The molecule has 0 atom stereocenters. The Balaban J connectivity index is 2.09. The predicted octanol–water partition coefficient (Wildman–Crippen LogP) is 1.21. The molecule has 0 radical (unpaired) electrons. The van der Waals surface area contributed by atoms with Crippen LogP contribution in [0.3, 0.4) is 0 Å². The van der Waals surface area contributed by atoms with Crippen LogP contribution in [0.5, 0.6) is 0 Å². The Kier molecular flexibility index (Phi) is 3.58. The lowest BCUT2D eigenvalue weighted by atomic mass is 10.2. The van der Waals surface area contributed by atoms with Gasteiger partial charge in [-0.05, 0) is 30.3 Å². The molecule has 8 nitrogen and oxygen atoms in total. The van der Waals surface area contributed by atoms with E-state index >= 15 is 0 Å². The number of aromatic nitrogens is 4. The van der Waals surface area contributed by atoms with E-state index in [0.29, 0.717) is 34.1 Å². The fraction of sp³-hybridized carbons (Fsp3) is 0.0556. The maximum absolute atomic E-state index is 13.1. The van der Waals surface area contributed by atoms with Gasteiger partial charge in [0.2, 0.25) is 0 Å². The van der Waals surface area contributed by atoms with E-state index in [0.717, 1.165) is 0 Å². The van der Waals surface area contributed by atoms with Gasteiger partial charge in [-0.15, -0.1) is 0 Å². The molecule has 0 bridgehead atoms. The molecule has 128 valence electrons. The number of fused-ring (bicyclic) bond motifs is 3. The Hall–Kier alpha value is -3.81. The maximum atomic E-state index is 13.1. The molecule has 1 amide bonds. The molecule has 0 aliphatic carbocycles. The van der Waals surface area contributed by atoms with Gasteiger partial charge in [-0.25, -0.2) is 4.52 Å². The first-order valence-corrected chi connectivity index (χ1v) is 7.80.